The molecule has 1 aromatic heterocycles. The van der Waals surface area contributed by atoms with Gasteiger partial charge in [0, 0.05) is 33.3 Å². The van der Waals surface area contributed by atoms with Crippen LogP contribution >= 0.6 is 11.3 Å². The average Bonchev–Trinajstić information content (AvgIpc) is 3.33. The lowest BCUT2D eigenvalue weighted by Gasteiger charge is -2.22. The van der Waals surface area contributed by atoms with Crippen LogP contribution < -0.4 is 10.6 Å². The molecule has 0 aliphatic heterocycles. The average molecular weight is 368 g/mol. The van der Waals surface area contributed by atoms with E-state index in [0.717, 1.165) is 37.3 Å². The second kappa shape index (κ2) is 10.4. The molecule has 25 heavy (non-hydrogen) atoms. The number of aliphatic imine (C=N–C) groups is 1. The molecule has 8 heteroatoms. The van der Waals surface area contributed by atoms with E-state index in [1.54, 1.807) is 5.51 Å². The van der Waals surface area contributed by atoms with E-state index in [1.165, 1.54) is 24.2 Å². The zero-order valence-electron chi connectivity index (χ0n) is 15.4. The van der Waals surface area contributed by atoms with Crippen molar-refractivity contribution in [1.82, 2.24) is 20.5 Å². The zero-order chi connectivity index (χ0) is 18.1. The first kappa shape index (κ1) is 19.7. The Morgan fingerprint density at radius 3 is 2.92 bits per heavy atom. The van der Waals surface area contributed by atoms with Gasteiger partial charge < -0.3 is 20.3 Å². The highest BCUT2D eigenvalue weighted by molar-refractivity contribution is 7.11. The molecule has 1 saturated carbocycles. The van der Waals surface area contributed by atoms with E-state index < -0.39 is 0 Å². The topological polar surface area (TPSA) is 78.8 Å². The van der Waals surface area contributed by atoms with E-state index in [4.69, 9.17) is 4.74 Å². The lowest BCUT2D eigenvalue weighted by atomic mass is 10.4. The second-order valence-electron chi connectivity index (χ2n) is 6.20. The number of hydrogen-bond donors (Lipinski definition) is 2. The molecule has 0 atom stereocenters. The van der Waals surface area contributed by atoms with Crippen LogP contribution in [0.5, 0.6) is 0 Å². The summed E-state index contributed by atoms with van der Waals surface area (Å²) in [7, 11) is 2.00. The summed E-state index contributed by atoms with van der Waals surface area (Å²) in [5.74, 6) is 1.54. The van der Waals surface area contributed by atoms with Crippen LogP contribution in [-0.2, 0) is 4.74 Å². The molecular weight excluding hydrogens is 338 g/mol. The molecule has 1 aliphatic carbocycles. The van der Waals surface area contributed by atoms with Gasteiger partial charge in [-0.2, -0.15) is 0 Å². The molecule has 0 unspecified atom stereocenters. The van der Waals surface area contributed by atoms with Crippen molar-refractivity contribution in [1.29, 1.82) is 0 Å². The standard InChI is InChI=1S/C17H29N5O2S/c1-4-18-17(22(3)9-10-24-11-14-5-6-14)20-8-7-19-16(23)15-13(2)21-12-25-15/h12,14H,4-11H2,1-3H3,(H,18,20)(H,19,23). The molecule has 1 heterocycles. The number of likely N-dealkylation sites (N-methyl/N-ethyl adjacent to an activating group) is 1. The van der Waals surface area contributed by atoms with Gasteiger partial charge in [-0.3, -0.25) is 9.79 Å². The second-order valence-corrected chi connectivity index (χ2v) is 7.05. The summed E-state index contributed by atoms with van der Waals surface area (Å²) in [4.78, 5) is 23.4. The number of amides is 1. The van der Waals surface area contributed by atoms with Gasteiger partial charge in [0.2, 0.25) is 0 Å². The van der Waals surface area contributed by atoms with Gasteiger partial charge in [0.15, 0.2) is 5.96 Å². The number of rotatable bonds is 10. The molecular formula is C17H29N5O2S. The van der Waals surface area contributed by atoms with E-state index in [9.17, 15) is 4.79 Å². The fraction of sp³-hybridized carbons (Fsp3) is 0.706. The fourth-order valence-electron chi connectivity index (χ4n) is 2.24. The van der Waals surface area contributed by atoms with Crippen molar-refractivity contribution < 1.29 is 9.53 Å². The number of ether oxygens (including phenoxy) is 1. The Bertz CT molecular complexity index is 571. The van der Waals surface area contributed by atoms with Crippen molar-refractivity contribution in [3.05, 3.63) is 16.1 Å². The van der Waals surface area contributed by atoms with Crippen LogP contribution in [0.1, 0.15) is 35.1 Å². The first-order valence-corrected chi connectivity index (χ1v) is 9.75. The lowest BCUT2D eigenvalue weighted by Crippen LogP contribution is -2.41. The van der Waals surface area contributed by atoms with Crippen molar-refractivity contribution in [2.24, 2.45) is 10.9 Å². The minimum atomic E-state index is -0.0815. The van der Waals surface area contributed by atoms with Gasteiger partial charge in [-0.15, -0.1) is 11.3 Å². The fourth-order valence-corrected chi connectivity index (χ4v) is 2.96. The summed E-state index contributed by atoms with van der Waals surface area (Å²) in [5, 5.41) is 6.16. The van der Waals surface area contributed by atoms with Crippen LogP contribution in [0.25, 0.3) is 0 Å². The molecule has 1 aliphatic rings. The molecule has 0 spiro atoms. The van der Waals surface area contributed by atoms with E-state index in [2.05, 4.69) is 25.5 Å². The molecule has 0 saturated heterocycles. The predicted molar refractivity (Wildman–Crippen MR) is 101 cm³/mol. The normalized spacial score (nSPS) is 14.4. The number of nitrogens with one attached hydrogen (secondary N) is 2. The highest BCUT2D eigenvalue weighted by Crippen LogP contribution is 2.28. The first-order valence-electron chi connectivity index (χ1n) is 8.87. The summed E-state index contributed by atoms with van der Waals surface area (Å²) in [6.45, 7) is 8.09. The smallest absolute Gasteiger partial charge is 0.263 e. The third kappa shape index (κ3) is 6.99. The Kier molecular flexibility index (Phi) is 8.14. The van der Waals surface area contributed by atoms with Gasteiger partial charge in [-0.25, -0.2) is 4.98 Å². The molecule has 7 nitrogen and oxygen atoms in total. The number of aromatic nitrogens is 1. The largest absolute Gasteiger partial charge is 0.379 e. The van der Waals surface area contributed by atoms with E-state index >= 15 is 0 Å². The van der Waals surface area contributed by atoms with Crippen LogP contribution in [0.2, 0.25) is 0 Å². The lowest BCUT2D eigenvalue weighted by molar-refractivity contribution is 0.0958. The van der Waals surface area contributed by atoms with Gasteiger partial charge in [-0.1, -0.05) is 0 Å². The number of carbonyl (C=O) groups excluding carboxylic acids is 1. The highest BCUT2D eigenvalue weighted by Gasteiger charge is 2.21. The van der Waals surface area contributed by atoms with Gasteiger partial charge in [0.05, 0.1) is 24.4 Å². The molecule has 140 valence electrons. The van der Waals surface area contributed by atoms with Crippen molar-refractivity contribution in [2.75, 3.05) is 46.4 Å². The number of thiazole rings is 1. The first-order chi connectivity index (χ1) is 12.1. The maximum atomic E-state index is 12.0. The molecule has 2 rings (SSSR count). The summed E-state index contributed by atoms with van der Waals surface area (Å²) in [5.41, 5.74) is 2.46. The van der Waals surface area contributed by atoms with Gasteiger partial charge in [0.1, 0.15) is 4.88 Å². The SMILES string of the molecule is CCNC(=NCCNC(=O)c1scnc1C)N(C)CCOCC1CC1. The quantitative estimate of drug-likeness (QED) is 0.372. The van der Waals surface area contributed by atoms with Crippen LogP contribution in [-0.4, -0.2) is 68.2 Å². The van der Waals surface area contributed by atoms with Crippen LogP contribution in [0.3, 0.4) is 0 Å². The minimum absolute atomic E-state index is 0.0815. The van der Waals surface area contributed by atoms with Gasteiger partial charge in [0.25, 0.3) is 5.91 Å². The molecule has 1 amide bonds. The molecule has 0 aromatic carbocycles. The highest BCUT2D eigenvalue weighted by atomic mass is 32.1. The summed E-state index contributed by atoms with van der Waals surface area (Å²) < 4.78 is 5.68. The Morgan fingerprint density at radius 2 is 2.28 bits per heavy atom. The van der Waals surface area contributed by atoms with Crippen molar-refractivity contribution in [2.45, 2.75) is 26.7 Å². The Labute approximate surface area is 153 Å². The van der Waals surface area contributed by atoms with E-state index in [1.807, 2.05) is 20.9 Å². The Balaban J connectivity index is 1.69. The maximum Gasteiger partial charge on any atom is 0.263 e. The van der Waals surface area contributed by atoms with Gasteiger partial charge in [-0.05, 0) is 32.6 Å². The van der Waals surface area contributed by atoms with Crippen LogP contribution in [0, 0.1) is 12.8 Å². The molecule has 1 fully saturated rings. The van der Waals surface area contributed by atoms with Crippen LogP contribution in [0.15, 0.2) is 10.5 Å². The summed E-state index contributed by atoms with van der Waals surface area (Å²) in [6.07, 6.45) is 2.62. The van der Waals surface area contributed by atoms with E-state index in [0.29, 0.717) is 24.6 Å². The number of carbonyl (C=O) groups is 1. The van der Waals surface area contributed by atoms with E-state index in [-0.39, 0.29) is 5.91 Å². The Hall–Kier alpha value is -1.67. The predicted octanol–water partition coefficient (Wildman–Crippen LogP) is 1.51. The molecule has 1 aromatic rings. The molecule has 2 N–H and O–H groups in total. The van der Waals surface area contributed by atoms with Crippen molar-refractivity contribution >= 4 is 23.2 Å². The molecule has 0 bridgehead atoms. The third-order valence-electron chi connectivity index (χ3n) is 3.93. The number of hydrogen-bond acceptors (Lipinski definition) is 5. The number of nitrogens with zero attached hydrogens (tertiary/aromatic N) is 3. The minimum Gasteiger partial charge on any atom is -0.379 e. The zero-order valence-corrected chi connectivity index (χ0v) is 16.2. The summed E-state index contributed by atoms with van der Waals surface area (Å²) >= 11 is 1.36. The monoisotopic (exact) mass is 367 g/mol. The van der Waals surface area contributed by atoms with Crippen molar-refractivity contribution in [3.63, 3.8) is 0 Å². The number of aryl methyl sites for hydroxylation is 1. The summed E-state index contributed by atoms with van der Waals surface area (Å²) in [6, 6.07) is 0. The number of guanidine groups is 1. The van der Waals surface area contributed by atoms with Gasteiger partial charge >= 0.3 is 0 Å². The maximum absolute atomic E-state index is 12.0. The third-order valence-corrected chi connectivity index (χ3v) is 4.86. The Morgan fingerprint density at radius 1 is 1.48 bits per heavy atom. The van der Waals surface area contributed by atoms with Crippen LogP contribution in [0.4, 0.5) is 0 Å². The molecule has 0 radical (unpaired) electrons. The van der Waals surface area contributed by atoms with Crippen molar-refractivity contribution in [3.8, 4) is 0 Å².